The number of amides is 1. The first-order valence-corrected chi connectivity index (χ1v) is 7.57. The molecule has 0 aromatic carbocycles. The molecule has 1 aromatic rings. The van der Waals surface area contributed by atoms with Gasteiger partial charge in [-0.25, -0.2) is 13.4 Å². The van der Waals surface area contributed by atoms with E-state index in [0.29, 0.717) is 13.0 Å². The summed E-state index contributed by atoms with van der Waals surface area (Å²) in [5.74, 6) is 0.119. The van der Waals surface area contributed by atoms with E-state index in [1.54, 1.807) is 6.07 Å². The van der Waals surface area contributed by atoms with Crippen molar-refractivity contribution in [2.75, 3.05) is 18.1 Å². The van der Waals surface area contributed by atoms with Crippen molar-refractivity contribution in [3.63, 3.8) is 0 Å². The van der Waals surface area contributed by atoms with Crippen LogP contribution in [0.2, 0.25) is 0 Å². The fourth-order valence-electron chi connectivity index (χ4n) is 1.87. The van der Waals surface area contributed by atoms with Crippen LogP contribution in [0.3, 0.4) is 0 Å². The number of sulfone groups is 1. The minimum absolute atomic E-state index is 0.114. The summed E-state index contributed by atoms with van der Waals surface area (Å²) in [6, 6.07) is 2.61. The second kappa shape index (κ2) is 4.93. The van der Waals surface area contributed by atoms with Gasteiger partial charge in [-0.15, -0.1) is 0 Å². The molecule has 1 amide bonds. The zero-order valence-electron chi connectivity index (χ0n) is 10.0. The third-order valence-electron chi connectivity index (χ3n) is 2.77. The Bertz CT molecular complexity index is 556. The maximum atomic E-state index is 11.6. The van der Waals surface area contributed by atoms with Gasteiger partial charge in [0.15, 0.2) is 9.84 Å². The van der Waals surface area contributed by atoms with Gasteiger partial charge in [-0.3, -0.25) is 4.79 Å². The summed E-state index contributed by atoms with van der Waals surface area (Å²) in [7, 11) is -3.36. The van der Waals surface area contributed by atoms with Gasteiger partial charge < -0.3 is 10.6 Å². The van der Waals surface area contributed by atoms with Gasteiger partial charge >= 0.3 is 0 Å². The van der Waals surface area contributed by atoms with Gasteiger partial charge in [0.05, 0.1) is 0 Å². The van der Waals surface area contributed by atoms with E-state index >= 15 is 0 Å². The van der Waals surface area contributed by atoms with Gasteiger partial charge in [0.1, 0.15) is 16.8 Å². The highest BCUT2D eigenvalue weighted by Crippen LogP contribution is 2.20. The number of carbonyl (C=O) groups excluding carboxylic acids is 1. The van der Waals surface area contributed by atoms with E-state index in [4.69, 9.17) is 0 Å². The minimum atomic E-state index is -3.36. The molecule has 0 aliphatic carbocycles. The second-order valence-corrected chi connectivity index (χ2v) is 6.24. The molecule has 0 spiro atoms. The third kappa shape index (κ3) is 2.79. The molecule has 2 N–H and O–H groups in total. The van der Waals surface area contributed by atoms with Gasteiger partial charge in [-0.05, 0) is 25.0 Å². The Kier molecular flexibility index (Phi) is 3.51. The van der Waals surface area contributed by atoms with Gasteiger partial charge in [-0.1, -0.05) is 0 Å². The predicted molar refractivity (Wildman–Crippen MR) is 67.0 cm³/mol. The summed E-state index contributed by atoms with van der Waals surface area (Å²) in [5, 5.41) is 5.64. The van der Waals surface area contributed by atoms with Crippen molar-refractivity contribution >= 4 is 21.6 Å². The molecule has 2 rings (SSSR count). The molecule has 18 heavy (non-hydrogen) atoms. The SMILES string of the molecule is CS(=O)(=O)c1cccnc1NC1CCCNC1=O. The maximum Gasteiger partial charge on any atom is 0.242 e. The van der Waals surface area contributed by atoms with Crippen LogP contribution in [0.15, 0.2) is 23.2 Å². The van der Waals surface area contributed by atoms with Crippen LogP contribution in [0.1, 0.15) is 12.8 Å². The Morgan fingerprint density at radius 1 is 1.50 bits per heavy atom. The molecule has 0 radical (unpaired) electrons. The predicted octanol–water partition coefficient (Wildman–Crippen LogP) is 0.176. The number of pyridine rings is 1. The molecule has 7 heteroatoms. The summed E-state index contributed by atoms with van der Waals surface area (Å²) >= 11 is 0. The van der Waals surface area contributed by atoms with Crippen LogP contribution in [0, 0.1) is 0 Å². The first kappa shape index (κ1) is 12.8. The standard InChI is InChI=1S/C11H15N3O3S/c1-18(16,17)9-5-3-6-12-10(9)14-8-4-2-7-13-11(8)15/h3,5-6,8H,2,4,7H2,1H3,(H,12,14)(H,13,15). The topological polar surface area (TPSA) is 88.2 Å². The number of piperidine rings is 1. The lowest BCUT2D eigenvalue weighted by Gasteiger charge is -2.23. The van der Waals surface area contributed by atoms with Crippen molar-refractivity contribution in [2.24, 2.45) is 0 Å². The Morgan fingerprint density at radius 2 is 2.28 bits per heavy atom. The average Bonchev–Trinajstić information content (AvgIpc) is 2.31. The monoisotopic (exact) mass is 269 g/mol. The smallest absolute Gasteiger partial charge is 0.242 e. The Morgan fingerprint density at radius 3 is 2.94 bits per heavy atom. The van der Waals surface area contributed by atoms with Crippen LogP contribution in [-0.2, 0) is 14.6 Å². The molecular weight excluding hydrogens is 254 g/mol. The Labute approximate surface area is 106 Å². The lowest BCUT2D eigenvalue weighted by molar-refractivity contribution is -0.123. The summed E-state index contributed by atoms with van der Waals surface area (Å²) in [6.07, 6.45) is 4.16. The first-order valence-electron chi connectivity index (χ1n) is 5.68. The van der Waals surface area contributed by atoms with E-state index in [0.717, 1.165) is 12.7 Å². The van der Waals surface area contributed by atoms with Gasteiger partial charge in [0, 0.05) is 19.0 Å². The maximum absolute atomic E-state index is 11.6. The van der Waals surface area contributed by atoms with Crippen molar-refractivity contribution in [1.29, 1.82) is 0 Å². The summed E-state index contributed by atoms with van der Waals surface area (Å²) in [5.41, 5.74) is 0. The highest BCUT2D eigenvalue weighted by Gasteiger charge is 2.24. The number of hydrogen-bond donors (Lipinski definition) is 2. The van der Waals surface area contributed by atoms with E-state index in [2.05, 4.69) is 15.6 Å². The lowest BCUT2D eigenvalue weighted by Crippen LogP contribution is -2.44. The average molecular weight is 269 g/mol. The van der Waals surface area contributed by atoms with E-state index in [-0.39, 0.29) is 16.6 Å². The Balaban J connectivity index is 2.26. The quantitative estimate of drug-likeness (QED) is 0.817. The summed E-state index contributed by atoms with van der Waals surface area (Å²) in [6.45, 7) is 0.665. The molecule has 1 fully saturated rings. The number of nitrogens with zero attached hydrogens (tertiary/aromatic N) is 1. The van der Waals surface area contributed by atoms with E-state index in [1.807, 2.05) is 0 Å². The first-order chi connectivity index (χ1) is 8.48. The summed E-state index contributed by atoms with van der Waals surface area (Å²) < 4.78 is 23.2. The molecule has 98 valence electrons. The number of rotatable bonds is 3. The highest BCUT2D eigenvalue weighted by molar-refractivity contribution is 7.90. The molecular formula is C11H15N3O3S. The van der Waals surface area contributed by atoms with Crippen LogP contribution in [0.5, 0.6) is 0 Å². The molecule has 2 heterocycles. The third-order valence-corrected chi connectivity index (χ3v) is 3.89. The van der Waals surface area contributed by atoms with E-state index in [9.17, 15) is 13.2 Å². The molecule has 1 atom stereocenters. The van der Waals surface area contributed by atoms with E-state index in [1.165, 1.54) is 12.3 Å². The number of aromatic nitrogens is 1. The molecule has 1 aromatic heterocycles. The number of anilines is 1. The zero-order valence-corrected chi connectivity index (χ0v) is 10.8. The molecule has 0 bridgehead atoms. The van der Waals surface area contributed by atoms with Crippen LogP contribution < -0.4 is 10.6 Å². The van der Waals surface area contributed by atoms with Crippen LogP contribution >= 0.6 is 0 Å². The normalized spacial score (nSPS) is 20.3. The second-order valence-electron chi connectivity index (χ2n) is 4.25. The zero-order chi connectivity index (χ0) is 13.2. The molecule has 1 aliphatic heterocycles. The van der Waals surface area contributed by atoms with Gasteiger partial charge in [0.25, 0.3) is 0 Å². The molecule has 1 saturated heterocycles. The highest BCUT2D eigenvalue weighted by atomic mass is 32.2. The minimum Gasteiger partial charge on any atom is -0.357 e. The molecule has 0 saturated carbocycles. The van der Waals surface area contributed by atoms with Crippen LogP contribution in [0.4, 0.5) is 5.82 Å². The van der Waals surface area contributed by atoms with E-state index < -0.39 is 15.9 Å². The van der Waals surface area contributed by atoms with Crippen molar-refractivity contribution in [3.05, 3.63) is 18.3 Å². The Hall–Kier alpha value is -1.63. The lowest BCUT2D eigenvalue weighted by atomic mass is 10.1. The molecule has 6 nitrogen and oxygen atoms in total. The number of nitrogens with one attached hydrogen (secondary N) is 2. The fraction of sp³-hybridized carbons (Fsp3) is 0.455. The van der Waals surface area contributed by atoms with Crippen LogP contribution in [-0.4, -0.2) is 38.2 Å². The van der Waals surface area contributed by atoms with Gasteiger partial charge in [-0.2, -0.15) is 0 Å². The van der Waals surface area contributed by atoms with Gasteiger partial charge in [0.2, 0.25) is 5.91 Å². The number of carbonyl (C=O) groups is 1. The molecule has 1 aliphatic rings. The van der Waals surface area contributed by atoms with Crippen molar-refractivity contribution in [3.8, 4) is 0 Å². The molecule has 1 unspecified atom stereocenters. The van der Waals surface area contributed by atoms with Crippen molar-refractivity contribution < 1.29 is 13.2 Å². The van der Waals surface area contributed by atoms with Crippen LogP contribution in [0.25, 0.3) is 0 Å². The summed E-state index contributed by atoms with van der Waals surface area (Å²) in [4.78, 5) is 15.7. The fourth-order valence-corrected chi connectivity index (χ4v) is 2.66. The van der Waals surface area contributed by atoms with Crippen molar-refractivity contribution in [1.82, 2.24) is 10.3 Å². The largest absolute Gasteiger partial charge is 0.357 e. The van der Waals surface area contributed by atoms with Crippen molar-refractivity contribution in [2.45, 2.75) is 23.8 Å². The number of hydrogen-bond acceptors (Lipinski definition) is 5.